The third-order valence-corrected chi connectivity index (χ3v) is 3.05. The van der Waals surface area contributed by atoms with Crippen LogP contribution in [0.4, 0.5) is 5.69 Å². The fourth-order valence-corrected chi connectivity index (χ4v) is 2.20. The van der Waals surface area contributed by atoms with Gasteiger partial charge in [-0.3, -0.25) is 0 Å². The van der Waals surface area contributed by atoms with Gasteiger partial charge in [-0.2, -0.15) is 5.26 Å². The third kappa shape index (κ3) is 2.29. The first kappa shape index (κ1) is 11.3. The Morgan fingerprint density at radius 2 is 2.31 bits per heavy atom. The second-order valence-electron chi connectivity index (χ2n) is 4.02. The van der Waals surface area contributed by atoms with Gasteiger partial charge in [0, 0.05) is 18.1 Å². The standard InChI is InChI=1S/C12H13ClN2O/c13-10-4-3-9(7-14)12(6-10)15-5-1-2-11(16)8-15/h3-4,6,11,16H,1-2,5,8H2. The normalized spacial score (nSPS) is 20.6. The van der Waals surface area contributed by atoms with Gasteiger partial charge in [0.2, 0.25) is 0 Å². The van der Waals surface area contributed by atoms with Crippen molar-refractivity contribution in [2.75, 3.05) is 18.0 Å². The molecule has 2 rings (SSSR count). The summed E-state index contributed by atoms with van der Waals surface area (Å²) in [6.07, 6.45) is 1.47. The van der Waals surface area contributed by atoms with Crippen molar-refractivity contribution in [2.45, 2.75) is 18.9 Å². The molecule has 1 aliphatic heterocycles. The Hall–Kier alpha value is -1.24. The smallest absolute Gasteiger partial charge is 0.101 e. The van der Waals surface area contributed by atoms with Crippen molar-refractivity contribution < 1.29 is 5.11 Å². The van der Waals surface area contributed by atoms with Gasteiger partial charge in [0.1, 0.15) is 6.07 Å². The van der Waals surface area contributed by atoms with Crippen LogP contribution >= 0.6 is 11.6 Å². The molecular weight excluding hydrogens is 224 g/mol. The van der Waals surface area contributed by atoms with Crippen LogP contribution in [0.3, 0.4) is 0 Å². The molecule has 16 heavy (non-hydrogen) atoms. The molecule has 1 fully saturated rings. The third-order valence-electron chi connectivity index (χ3n) is 2.82. The van der Waals surface area contributed by atoms with Gasteiger partial charge in [-0.15, -0.1) is 0 Å². The lowest BCUT2D eigenvalue weighted by atomic mass is 10.1. The van der Waals surface area contributed by atoms with Crippen LogP contribution in [0.1, 0.15) is 18.4 Å². The predicted molar refractivity (Wildman–Crippen MR) is 63.6 cm³/mol. The van der Waals surface area contributed by atoms with Gasteiger partial charge >= 0.3 is 0 Å². The maximum atomic E-state index is 9.62. The molecular formula is C12H13ClN2O. The van der Waals surface area contributed by atoms with Crippen molar-refractivity contribution in [3.8, 4) is 6.07 Å². The topological polar surface area (TPSA) is 47.3 Å². The number of nitrogens with zero attached hydrogens (tertiary/aromatic N) is 2. The highest BCUT2D eigenvalue weighted by atomic mass is 35.5. The maximum absolute atomic E-state index is 9.62. The Labute approximate surface area is 99.9 Å². The zero-order valence-corrected chi connectivity index (χ0v) is 9.61. The molecule has 3 nitrogen and oxygen atoms in total. The van der Waals surface area contributed by atoms with Gasteiger partial charge in [0.15, 0.2) is 0 Å². The highest BCUT2D eigenvalue weighted by molar-refractivity contribution is 6.30. The lowest BCUT2D eigenvalue weighted by Crippen LogP contribution is -2.38. The molecule has 1 aromatic rings. The molecule has 1 N–H and O–H groups in total. The van der Waals surface area contributed by atoms with Crippen molar-refractivity contribution in [3.63, 3.8) is 0 Å². The largest absolute Gasteiger partial charge is 0.391 e. The van der Waals surface area contributed by atoms with E-state index in [4.69, 9.17) is 16.9 Å². The Kier molecular flexibility index (Phi) is 3.33. The van der Waals surface area contributed by atoms with Crippen LogP contribution < -0.4 is 4.90 Å². The number of benzene rings is 1. The quantitative estimate of drug-likeness (QED) is 0.813. The number of aliphatic hydroxyl groups excluding tert-OH is 1. The number of rotatable bonds is 1. The van der Waals surface area contributed by atoms with Crippen LogP contribution in [0.5, 0.6) is 0 Å². The minimum absolute atomic E-state index is 0.306. The molecule has 1 heterocycles. The fraction of sp³-hybridized carbons (Fsp3) is 0.417. The first-order valence-corrected chi connectivity index (χ1v) is 5.71. The molecule has 1 unspecified atom stereocenters. The number of piperidine rings is 1. The number of halogens is 1. The molecule has 0 amide bonds. The molecule has 1 saturated heterocycles. The van der Waals surface area contributed by atoms with Gasteiger partial charge in [0.25, 0.3) is 0 Å². The minimum Gasteiger partial charge on any atom is -0.391 e. The molecule has 4 heteroatoms. The second-order valence-corrected chi connectivity index (χ2v) is 4.45. The predicted octanol–water partition coefficient (Wildman–Crippen LogP) is 2.17. The van der Waals surface area contributed by atoms with E-state index < -0.39 is 0 Å². The van der Waals surface area contributed by atoms with Crippen molar-refractivity contribution in [1.29, 1.82) is 5.26 Å². The Balaban J connectivity index is 2.31. The number of anilines is 1. The van der Waals surface area contributed by atoms with Gasteiger partial charge in [-0.05, 0) is 31.0 Å². The van der Waals surface area contributed by atoms with Crippen LogP contribution in [0, 0.1) is 11.3 Å². The van der Waals surface area contributed by atoms with Crippen LogP contribution in [-0.2, 0) is 0 Å². The minimum atomic E-state index is -0.306. The molecule has 0 aromatic heterocycles. The first-order chi connectivity index (χ1) is 7.70. The number of hydrogen-bond donors (Lipinski definition) is 1. The molecule has 0 spiro atoms. The summed E-state index contributed by atoms with van der Waals surface area (Å²) in [6.45, 7) is 1.45. The lowest BCUT2D eigenvalue weighted by molar-refractivity contribution is 0.154. The van der Waals surface area contributed by atoms with E-state index in [1.807, 2.05) is 4.90 Å². The first-order valence-electron chi connectivity index (χ1n) is 5.33. The van der Waals surface area contributed by atoms with E-state index in [1.165, 1.54) is 0 Å². The van der Waals surface area contributed by atoms with Crippen molar-refractivity contribution >= 4 is 17.3 Å². The number of aliphatic hydroxyl groups is 1. The van der Waals surface area contributed by atoms with Crippen LogP contribution in [0.15, 0.2) is 18.2 Å². The summed E-state index contributed by atoms with van der Waals surface area (Å²) in [5, 5.41) is 19.3. The van der Waals surface area contributed by atoms with E-state index in [9.17, 15) is 5.11 Å². The fourth-order valence-electron chi connectivity index (χ4n) is 2.03. The van der Waals surface area contributed by atoms with Gasteiger partial charge < -0.3 is 10.0 Å². The van der Waals surface area contributed by atoms with Crippen LogP contribution in [0.2, 0.25) is 5.02 Å². The molecule has 0 radical (unpaired) electrons. The zero-order valence-electron chi connectivity index (χ0n) is 8.86. The Morgan fingerprint density at radius 1 is 1.50 bits per heavy atom. The van der Waals surface area contributed by atoms with E-state index >= 15 is 0 Å². The average Bonchev–Trinajstić information content (AvgIpc) is 2.29. The Bertz CT molecular complexity index is 428. The van der Waals surface area contributed by atoms with Crippen molar-refractivity contribution in [1.82, 2.24) is 0 Å². The SMILES string of the molecule is N#Cc1ccc(Cl)cc1N1CCCC(O)C1. The van der Waals surface area contributed by atoms with Crippen molar-refractivity contribution in [3.05, 3.63) is 28.8 Å². The average molecular weight is 237 g/mol. The summed E-state index contributed by atoms with van der Waals surface area (Å²) in [5.74, 6) is 0. The molecule has 84 valence electrons. The summed E-state index contributed by atoms with van der Waals surface area (Å²) in [6, 6.07) is 7.38. The number of β-amino-alcohol motifs (C(OH)–C–C–N with tert-alkyl or cyclic N) is 1. The van der Waals surface area contributed by atoms with E-state index in [1.54, 1.807) is 18.2 Å². The maximum Gasteiger partial charge on any atom is 0.101 e. The van der Waals surface area contributed by atoms with E-state index in [0.29, 0.717) is 17.1 Å². The monoisotopic (exact) mass is 236 g/mol. The second kappa shape index (κ2) is 4.73. The summed E-state index contributed by atoms with van der Waals surface area (Å²) in [5.41, 5.74) is 1.44. The van der Waals surface area contributed by atoms with E-state index in [-0.39, 0.29) is 6.10 Å². The lowest BCUT2D eigenvalue weighted by Gasteiger charge is -2.32. The van der Waals surface area contributed by atoms with Gasteiger partial charge in [0.05, 0.1) is 17.4 Å². The molecule has 0 saturated carbocycles. The number of nitriles is 1. The molecule has 0 bridgehead atoms. The van der Waals surface area contributed by atoms with Gasteiger partial charge in [-0.25, -0.2) is 0 Å². The summed E-state index contributed by atoms with van der Waals surface area (Å²) in [4.78, 5) is 2.03. The molecule has 1 aliphatic rings. The summed E-state index contributed by atoms with van der Waals surface area (Å²) in [7, 11) is 0. The summed E-state index contributed by atoms with van der Waals surface area (Å²) < 4.78 is 0. The van der Waals surface area contributed by atoms with E-state index in [0.717, 1.165) is 25.1 Å². The highest BCUT2D eigenvalue weighted by Gasteiger charge is 2.20. The van der Waals surface area contributed by atoms with E-state index in [2.05, 4.69) is 6.07 Å². The van der Waals surface area contributed by atoms with Gasteiger partial charge in [-0.1, -0.05) is 11.6 Å². The highest BCUT2D eigenvalue weighted by Crippen LogP contribution is 2.27. The van der Waals surface area contributed by atoms with Crippen molar-refractivity contribution in [2.24, 2.45) is 0 Å². The zero-order chi connectivity index (χ0) is 11.5. The Morgan fingerprint density at radius 3 is 3.00 bits per heavy atom. The summed E-state index contributed by atoms with van der Waals surface area (Å²) >= 11 is 5.93. The molecule has 1 atom stereocenters. The number of hydrogen-bond acceptors (Lipinski definition) is 3. The molecule has 1 aromatic carbocycles. The van der Waals surface area contributed by atoms with Crippen LogP contribution in [-0.4, -0.2) is 24.3 Å². The molecule has 0 aliphatic carbocycles. The van der Waals surface area contributed by atoms with Crippen LogP contribution in [0.25, 0.3) is 0 Å².